The molecule has 0 aliphatic rings. The molecule has 0 atom stereocenters. The first-order valence-corrected chi connectivity index (χ1v) is 9.44. The van der Waals surface area contributed by atoms with Gasteiger partial charge in [0.25, 0.3) is 5.91 Å². The Morgan fingerprint density at radius 1 is 1.00 bits per heavy atom. The van der Waals surface area contributed by atoms with Crippen molar-refractivity contribution in [2.75, 3.05) is 26.1 Å². The van der Waals surface area contributed by atoms with Crippen molar-refractivity contribution in [3.05, 3.63) is 69.5 Å². The van der Waals surface area contributed by atoms with Crippen molar-refractivity contribution >= 4 is 51.5 Å². The van der Waals surface area contributed by atoms with Gasteiger partial charge in [-0.1, -0.05) is 15.9 Å². The first-order chi connectivity index (χ1) is 14.7. The van der Waals surface area contributed by atoms with Gasteiger partial charge in [-0.2, -0.15) is 0 Å². The van der Waals surface area contributed by atoms with Gasteiger partial charge in [0.05, 0.1) is 25.3 Å². The van der Waals surface area contributed by atoms with Crippen LogP contribution in [-0.2, 0) is 23.8 Å². The first kappa shape index (κ1) is 23.7. The second kappa shape index (κ2) is 11.0. The minimum atomic E-state index is -0.868. The Morgan fingerprint density at radius 3 is 2.19 bits per heavy atom. The van der Waals surface area contributed by atoms with E-state index in [2.05, 4.69) is 30.7 Å². The summed E-state index contributed by atoms with van der Waals surface area (Å²) in [5, 5.41) is 2.40. The van der Waals surface area contributed by atoms with E-state index >= 15 is 0 Å². The molecule has 0 bridgehead atoms. The van der Waals surface area contributed by atoms with Crippen LogP contribution < -0.4 is 5.32 Å². The summed E-state index contributed by atoms with van der Waals surface area (Å²) in [5.41, 5.74) is 0.273. The fourth-order valence-electron chi connectivity index (χ4n) is 2.35. The lowest BCUT2D eigenvalue weighted by Crippen LogP contribution is -2.20. The van der Waals surface area contributed by atoms with Crippen LogP contribution in [0.2, 0.25) is 0 Å². The van der Waals surface area contributed by atoms with Crippen molar-refractivity contribution in [2.45, 2.75) is 0 Å². The molecule has 0 aliphatic heterocycles. The van der Waals surface area contributed by atoms with E-state index in [0.29, 0.717) is 4.47 Å². The highest BCUT2D eigenvalue weighted by molar-refractivity contribution is 9.10. The van der Waals surface area contributed by atoms with Gasteiger partial charge in [0.1, 0.15) is 5.82 Å². The number of anilines is 1. The average Bonchev–Trinajstić information content (AvgIpc) is 2.76. The van der Waals surface area contributed by atoms with Crippen LogP contribution in [0.3, 0.4) is 0 Å². The molecule has 162 valence electrons. The predicted molar refractivity (Wildman–Crippen MR) is 112 cm³/mol. The molecule has 2 aromatic carbocycles. The molecule has 2 aromatic rings. The average molecular weight is 494 g/mol. The number of carbonyl (C=O) groups excluding carboxylic acids is 4. The fourth-order valence-corrected chi connectivity index (χ4v) is 2.73. The Morgan fingerprint density at radius 2 is 1.61 bits per heavy atom. The number of ether oxygens (including phenoxy) is 3. The third-order valence-corrected chi connectivity index (χ3v) is 4.25. The van der Waals surface area contributed by atoms with Crippen molar-refractivity contribution in [2.24, 2.45) is 0 Å². The zero-order chi connectivity index (χ0) is 23.0. The molecule has 10 heteroatoms. The first-order valence-electron chi connectivity index (χ1n) is 8.65. The number of esters is 3. The highest BCUT2D eigenvalue weighted by Crippen LogP contribution is 2.18. The molecule has 2 rings (SSSR count). The van der Waals surface area contributed by atoms with E-state index in [1.54, 1.807) is 0 Å². The number of carbonyl (C=O) groups is 4. The van der Waals surface area contributed by atoms with Gasteiger partial charge in [0, 0.05) is 21.8 Å². The van der Waals surface area contributed by atoms with Crippen LogP contribution >= 0.6 is 15.9 Å². The number of amides is 1. The normalized spacial score (nSPS) is 10.5. The Bertz CT molecular complexity index is 1020. The monoisotopic (exact) mass is 493 g/mol. The van der Waals surface area contributed by atoms with Crippen LogP contribution in [0.1, 0.15) is 26.3 Å². The molecule has 1 N–H and O–H groups in total. The second-order valence-corrected chi connectivity index (χ2v) is 6.85. The van der Waals surface area contributed by atoms with Crippen molar-refractivity contribution in [3.63, 3.8) is 0 Å². The molecule has 0 fully saturated rings. The Labute approximate surface area is 185 Å². The molecule has 0 spiro atoms. The summed E-state index contributed by atoms with van der Waals surface area (Å²) >= 11 is 3.19. The van der Waals surface area contributed by atoms with Crippen LogP contribution in [0.25, 0.3) is 6.08 Å². The molecular formula is C21H17BrFNO7. The molecule has 0 heterocycles. The Hall–Kier alpha value is -3.53. The number of hydrogen-bond donors (Lipinski definition) is 1. The molecule has 0 unspecified atom stereocenters. The van der Waals surface area contributed by atoms with Crippen LogP contribution in [0.5, 0.6) is 0 Å². The molecule has 1 amide bonds. The maximum atomic E-state index is 13.7. The lowest BCUT2D eigenvalue weighted by Gasteiger charge is -2.09. The minimum absolute atomic E-state index is 0.0108. The summed E-state index contributed by atoms with van der Waals surface area (Å²) in [6.07, 6.45) is 2.19. The van der Waals surface area contributed by atoms with Gasteiger partial charge in [-0.25, -0.2) is 18.8 Å². The summed E-state index contributed by atoms with van der Waals surface area (Å²) in [7, 11) is 2.33. The number of methoxy groups -OCH3 is 2. The van der Waals surface area contributed by atoms with E-state index in [-0.39, 0.29) is 22.4 Å². The Balaban J connectivity index is 2.02. The van der Waals surface area contributed by atoms with Gasteiger partial charge in [-0.15, -0.1) is 0 Å². The van der Waals surface area contributed by atoms with E-state index in [9.17, 15) is 23.6 Å². The minimum Gasteiger partial charge on any atom is -0.465 e. The standard InChI is InChI=1S/C21H17BrFNO7/c1-29-20(27)13-7-14(21(28)30-2)10-16(9-13)24-18(25)11-31-19(26)6-3-12-8-15(22)4-5-17(12)23/h3-10H,11H2,1-2H3,(H,24,25)/b6-3+. The van der Waals surface area contributed by atoms with Gasteiger partial charge in [-0.05, 0) is 42.5 Å². The maximum Gasteiger partial charge on any atom is 0.337 e. The van der Waals surface area contributed by atoms with E-state index < -0.39 is 36.2 Å². The quantitative estimate of drug-likeness (QED) is 0.357. The van der Waals surface area contributed by atoms with Gasteiger partial charge < -0.3 is 19.5 Å². The largest absolute Gasteiger partial charge is 0.465 e. The fraction of sp³-hybridized carbons (Fsp3) is 0.143. The molecule has 0 aromatic heterocycles. The predicted octanol–water partition coefficient (Wildman–Crippen LogP) is 3.36. The van der Waals surface area contributed by atoms with Gasteiger partial charge >= 0.3 is 17.9 Å². The molecule has 0 aliphatic carbocycles. The van der Waals surface area contributed by atoms with E-state index in [1.807, 2.05) is 0 Å². The van der Waals surface area contributed by atoms with Gasteiger partial charge in [0.2, 0.25) is 0 Å². The van der Waals surface area contributed by atoms with Crippen molar-refractivity contribution in [3.8, 4) is 0 Å². The lowest BCUT2D eigenvalue weighted by molar-refractivity contribution is -0.142. The number of nitrogens with one attached hydrogen (secondary N) is 1. The number of benzene rings is 2. The highest BCUT2D eigenvalue weighted by Gasteiger charge is 2.15. The van der Waals surface area contributed by atoms with Crippen molar-refractivity contribution in [1.82, 2.24) is 0 Å². The third kappa shape index (κ3) is 7.03. The third-order valence-electron chi connectivity index (χ3n) is 3.76. The smallest absolute Gasteiger partial charge is 0.337 e. The molecule has 0 radical (unpaired) electrons. The number of rotatable bonds is 7. The molecular weight excluding hydrogens is 477 g/mol. The van der Waals surface area contributed by atoms with Crippen LogP contribution in [-0.4, -0.2) is 44.6 Å². The summed E-state index contributed by atoms with van der Waals surface area (Å²) in [6, 6.07) is 8.03. The summed E-state index contributed by atoms with van der Waals surface area (Å²) < 4.78 is 28.3. The van der Waals surface area contributed by atoms with Gasteiger partial charge in [0.15, 0.2) is 6.61 Å². The maximum absolute atomic E-state index is 13.7. The summed E-state index contributed by atoms with van der Waals surface area (Å²) in [4.78, 5) is 47.4. The lowest BCUT2D eigenvalue weighted by atomic mass is 10.1. The molecule has 8 nitrogen and oxygen atoms in total. The van der Waals surface area contributed by atoms with Crippen molar-refractivity contribution in [1.29, 1.82) is 0 Å². The zero-order valence-corrected chi connectivity index (χ0v) is 18.0. The zero-order valence-electron chi connectivity index (χ0n) is 16.4. The number of halogens is 2. The summed E-state index contributed by atoms with van der Waals surface area (Å²) in [6.45, 7) is -0.653. The molecule has 31 heavy (non-hydrogen) atoms. The SMILES string of the molecule is COC(=O)c1cc(NC(=O)COC(=O)/C=C/c2cc(Br)ccc2F)cc(C(=O)OC)c1. The molecule has 0 saturated carbocycles. The highest BCUT2D eigenvalue weighted by atomic mass is 79.9. The molecule has 0 saturated heterocycles. The van der Waals surface area contributed by atoms with Crippen LogP contribution in [0.15, 0.2) is 46.9 Å². The Kier molecular flexibility index (Phi) is 8.44. The number of hydrogen-bond acceptors (Lipinski definition) is 7. The van der Waals surface area contributed by atoms with E-state index in [0.717, 1.165) is 6.08 Å². The topological polar surface area (TPSA) is 108 Å². The van der Waals surface area contributed by atoms with E-state index in [4.69, 9.17) is 4.74 Å². The van der Waals surface area contributed by atoms with Crippen molar-refractivity contribution < 1.29 is 37.8 Å². The summed E-state index contributed by atoms with van der Waals surface area (Å²) in [5.74, 6) is -3.58. The van der Waals surface area contributed by atoms with Crippen LogP contribution in [0.4, 0.5) is 10.1 Å². The van der Waals surface area contributed by atoms with E-state index in [1.165, 1.54) is 56.7 Å². The van der Waals surface area contributed by atoms with Gasteiger partial charge in [-0.3, -0.25) is 4.79 Å². The van der Waals surface area contributed by atoms with Crippen LogP contribution in [0, 0.1) is 5.82 Å². The second-order valence-electron chi connectivity index (χ2n) is 5.94.